The molecule has 1 aliphatic carbocycles. The minimum Gasteiger partial charge on any atom is -0.352 e. The molecule has 3 aromatic carbocycles. The van der Waals surface area contributed by atoms with Crippen molar-refractivity contribution in [3.05, 3.63) is 77.6 Å². The summed E-state index contributed by atoms with van der Waals surface area (Å²) < 4.78 is 13.6. The number of carbonyl (C=O) groups excluding carboxylic acids is 3. The van der Waals surface area contributed by atoms with Crippen LogP contribution in [0.1, 0.15) is 61.4 Å². The van der Waals surface area contributed by atoms with Crippen LogP contribution < -0.4 is 10.2 Å². The number of halogens is 1. The third kappa shape index (κ3) is 5.08. The van der Waals surface area contributed by atoms with Crippen LogP contribution in [0.25, 0.3) is 10.8 Å². The van der Waals surface area contributed by atoms with Gasteiger partial charge in [-0.25, -0.2) is 4.39 Å². The number of hydrogen-bond donors (Lipinski definition) is 1. The normalized spacial score (nSPS) is 16.2. The number of amides is 3. The van der Waals surface area contributed by atoms with Gasteiger partial charge in [-0.2, -0.15) is 0 Å². The number of benzene rings is 3. The van der Waals surface area contributed by atoms with E-state index < -0.39 is 6.04 Å². The van der Waals surface area contributed by atoms with Crippen LogP contribution in [0.2, 0.25) is 0 Å². The van der Waals surface area contributed by atoms with E-state index in [1.807, 2.05) is 37.3 Å². The summed E-state index contributed by atoms with van der Waals surface area (Å²) in [5.41, 5.74) is 2.00. The van der Waals surface area contributed by atoms with E-state index in [1.165, 1.54) is 23.5 Å². The van der Waals surface area contributed by atoms with Gasteiger partial charge in [0, 0.05) is 23.5 Å². The van der Waals surface area contributed by atoms with Crippen molar-refractivity contribution in [2.75, 3.05) is 11.4 Å². The molecule has 0 saturated heterocycles. The lowest BCUT2D eigenvalue weighted by Gasteiger charge is -2.33. The number of carbonyl (C=O) groups is 3. The van der Waals surface area contributed by atoms with Crippen LogP contribution in [-0.2, 0) is 16.1 Å². The van der Waals surface area contributed by atoms with Crippen LogP contribution in [-0.4, -0.2) is 41.2 Å². The van der Waals surface area contributed by atoms with E-state index in [2.05, 4.69) is 5.32 Å². The van der Waals surface area contributed by atoms with Crippen LogP contribution >= 0.6 is 0 Å². The van der Waals surface area contributed by atoms with Gasteiger partial charge in [-0.05, 0) is 54.5 Å². The minimum atomic E-state index is -0.699. The van der Waals surface area contributed by atoms with Gasteiger partial charge in [-0.15, -0.1) is 0 Å². The van der Waals surface area contributed by atoms with Crippen LogP contribution in [0.4, 0.5) is 10.1 Å². The quantitative estimate of drug-likeness (QED) is 0.462. The number of hydrogen-bond acceptors (Lipinski definition) is 3. The molecule has 1 heterocycles. The van der Waals surface area contributed by atoms with Gasteiger partial charge in [0.05, 0.1) is 5.69 Å². The summed E-state index contributed by atoms with van der Waals surface area (Å²) in [5.74, 6) is -1.09. The lowest BCUT2D eigenvalue weighted by atomic mass is 9.95. The summed E-state index contributed by atoms with van der Waals surface area (Å²) in [6.07, 6.45) is 5.66. The number of anilines is 1. The molecule has 192 valence electrons. The van der Waals surface area contributed by atoms with Crippen molar-refractivity contribution in [2.24, 2.45) is 0 Å². The summed E-state index contributed by atoms with van der Waals surface area (Å²) >= 11 is 0. The van der Waals surface area contributed by atoms with Gasteiger partial charge in [0.2, 0.25) is 11.8 Å². The molecule has 0 bridgehead atoms. The Morgan fingerprint density at radius 2 is 1.73 bits per heavy atom. The first-order chi connectivity index (χ1) is 18.0. The van der Waals surface area contributed by atoms with Crippen molar-refractivity contribution in [3.8, 4) is 0 Å². The van der Waals surface area contributed by atoms with Crippen molar-refractivity contribution < 1.29 is 18.8 Å². The molecule has 1 atom stereocenters. The number of rotatable bonds is 8. The van der Waals surface area contributed by atoms with E-state index in [4.69, 9.17) is 0 Å². The summed E-state index contributed by atoms with van der Waals surface area (Å²) in [4.78, 5) is 43.6. The molecule has 7 heteroatoms. The Morgan fingerprint density at radius 3 is 2.43 bits per heavy atom. The van der Waals surface area contributed by atoms with Gasteiger partial charge >= 0.3 is 0 Å². The molecule has 3 amide bonds. The van der Waals surface area contributed by atoms with Crippen LogP contribution in [0, 0.1) is 5.82 Å². The summed E-state index contributed by atoms with van der Waals surface area (Å²) in [7, 11) is 0. The maximum Gasteiger partial charge on any atom is 0.259 e. The molecule has 1 fully saturated rings. The van der Waals surface area contributed by atoms with E-state index in [1.54, 1.807) is 23.1 Å². The zero-order valence-corrected chi connectivity index (χ0v) is 21.1. The van der Waals surface area contributed by atoms with Crippen molar-refractivity contribution in [3.63, 3.8) is 0 Å². The molecule has 37 heavy (non-hydrogen) atoms. The molecule has 2 aliphatic rings. The maximum absolute atomic E-state index is 13.9. The third-order valence-electron chi connectivity index (χ3n) is 7.55. The maximum atomic E-state index is 13.9. The average molecular weight is 502 g/mol. The van der Waals surface area contributed by atoms with E-state index in [0.717, 1.165) is 42.0 Å². The highest BCUT2D eigenvalue weighted by atomic mass is 19.1. The highest BCUT2D eigenvalue weighted by molar-refractivity contribution is 6.26. The Bertz CT molecular complexity index is 1310. The Kier molecular flexibility index (Phi) is 7.22. The molecule has 5 rings (SSSR count). The van der Waals surface area contributed by atoms with Gasteiger partial charge in [0.25, 0.3) is 5.91 Å². The van der Waals surface area contributed by atoms with Crippen molar-refractivity contribution in [1.82, 2.24) is 10.2 Å². The number of nitrogens with zero attached hydrogens (tertiary/aromatic N) is 2. The summed E-state index contributed by atoms with van der Waals surface area (Å²) in [6.45, 7) is 1.85. The summed E-state index contributed by atoms with van der Waals surface area (Å²) in [6, 6.07) is 16.6. The first-order valence-electron chi connectivity index (χ1n) is 13.1. The molecule has 1 aliphatic heterocycles. The van der Waals surface area contributed by atoms with E-state index in [0.29, 0.717) is 17.7 Å². The third-order valence-corrected chi connectivity index (χ3v) is 7.55. The molecule has 1 N–H and O–H groups in total. The zero-order valence-electron chi connectivity index (χ0n) is 21.1. The fourth-order valence-corrected chi connectivity index (χ4v) is 5.61. The molecular weight excluding hydrogens is 469 g/mol. The Morgan fingerprint density at radius 1 is 1.03 bits per heavy atom. The molecular formula is C30H32FN3O3. The van der Waals surface area contributed by atoms with Crippen LogP contribution in [0.3, 0.4) is 0 Å². The van der Waals surface area contributed by atoms with Crippen LogP contribution in [0.5, 0.6) is 0 Å². The molecule has 3 aromatic rings. The molecule has 0 aromatic heterocycles. The smallest absolute Gasteiger partial charge is 0.259 e. The fraction of sp³-hybridized carbons (Fsp3) is 0.367. The molecule has 0 spiro atoms. The summed E-state index contributed by atoms with van der Waals surface area (Å²) in [5, 5.41) is 4.95. The second kappa shape index (κ2) is 10.7. The van der Waals surface area contributed by atoms with E-state index in [-0.39, 0.29) is 42.7 Å². The van der Waals surface area contributed by atoms with Crippen molar-refractivity contribution >= 4 is 34.2 Å². The second-order valence-corrected chi connectivity index (χ2v) is 9.99. The Balaban J connectivity index is 1.42. The topological polar surface area (TPSA) is 69.7 Å². The standard InChI is InChI=1S/C30H32FN3O3/c1-2-25(29(36)32-23-10-4-3-5-11-23)33(18-20-14-16-22(31)17-15-20)27(35)19-34-26-13-7-9-21-8-6-12-24(28(21)26)30(34)37/h6-9,12-17,23,25H,2-5,10-11,18-19H2,1H3,(H,32,36)/t25-/m1/s1. The van der Waals surface area contributed by atoms with E-state index in [9.17, 15) is 18.8 Å². The second-order valence-electron chi connectivity index (χ2n) is 9.99. The first-order valence-corrected chi connectivity index (χ1v) is 13.1. The Labute approximate surface area is 216 Å². The molecule has 1 saturated carbocycles. The molecule has 0 radical (unpaired) electrons. The predicted octanol–water partition coefficient (Wildman–Crippen LogP) is 5.20. The SMILES string of the molecule is CC[C@H](C(=O)NC1CCCCC1)N(Cc1ccc(F)cc1)C(=O)CN1C(=O)c2cccc3cccc1c23. The average Bonchev–Trinajstić information content (AvgIpc) is 3.18. The lowest BCUT2D eigenvalue weighted by molar-refractivity contribution is -0.140. The highest BCUT2D eigenvalue weighted by Crippen LogP contribution is 2.37. The Hall–Kier alpha value is -3.74. The number of nitrogens with one attached hydrogen (secondary N) is 1. The zero-order chi connectivity index (χ0) is 25.9. The molecule has 6 nitrogen and oxygen atoms in total. The fourth-order valence-electron chi connectivity index (χ4n) is 5.61. The van der Waals surface area contributed by atoms with Gasteiger partial charge in [0.1, 0.15) is 18.4 Å². The molecule has 0 unspecified atom stereocenters. The van der Waals surface area contributed by atoms with Gasteiger partial charge in [0.15, 0.2) is 0 Å². The largest absolute Gasteiger partial charge is 0.352 e. The van der Waals surface area contributed by atoms with Gasteiger partial charge in [-0.3, -0.25) is 19.3 Å². The van der Waals surface area contributed by atoms with Crippen LogP contribution in [0.15, 0.2) is 60.7 Å². The van der Waals surface area contributed by atoms with Gasteiger partial charge < -0.3 is 10.2 Å². The monoisotopic (exact) mass is 501 g/mol. The van der Waals surface area contributed by atoms with Gasteiger partial charge in [-0.1, -0.05) is 62.6 Å². The highest BCUT2D eigenvalue weighted by Gasteiger charge is 2.35. The van der Waals surface area contributed by atoms with Crippen molar-refractivity contribution in [1.29, 1.82) is 0 Å². The predicted molar refractivity (Wildman–Crippen MR) is 142 cm³/mol. The first kappa shape index (κ1) is 24.9. The minimum absolute atomic E-state index is 0.116. The van der Waals surface area contributed by atoms with E-state index >= 15 is 0 Å². The van der Waals surface area contributed by atoms with Crippen molar-refractivity contribution in [2.45, 2.75) is 64.1 Å². The lowest BCUT2D eigenvalue weighted by Crippen LogP contribution is -2.53.